The van der Waals surface area contributed by atoms with Gasteiger partial charge in [-0.15, -0.1) is 0 Å². The molecule has 0 N–H and O–H groups in total. The number of benzene rings is 2. The van der Waals surface area contributed by atoms with E-state index in [0.29, 0.717) is 6.04 Å². The summed E-state index contributed by atoms with van der Waals surface area (Å²) in [6.45, 7) is 5.31. The largest absolute Gasteiger partial charge is 0.348 e. The molecule has 0 amide bonds. The maximum atomic E-state index is 4.93. The van der Waals surface area contributed by atoms with Gasteiger partial charge in [-0.1, -0.05) is 36.4 Å². The molecular formula is C19H19N3. The molecule has 0 spiro atoms. The van der Waals surface area contributed by atoms with Gasteiger partial charge in [0.05, 0.1) is 17.9 Å². The van der Waals surface area contributed by atoms with Gasteiger partial charge in [-0.3, -0.25) is 0 Å². The summed E-state index contributed by atoms with van der Waals surface area (Å²) in [5.74, 6) is 1.05. The van der Waals surface area contributed by atoms with Crippen LogP contribution >= 0.6 is 0 Å². The van der Waals surface area contributed by atoms with E-state index in [9.17, 15) is 0 Å². The van der Waals surface area contributed by atoms with Crippen LogP contribution in [0, 0.1) is 0 Å². The highest BCUT2D eigenvalue weighted by Crippen LogP contribution is 2.41. The summed E-state index contributed by atoms with van der Waals surface area (Å²) in [5, 5.41) is 1.20. The van der Waals surface area contributed by atoms with E-state index < -0.39 is 0 Å². The topological polar surface area (TPSA) is 19.4 Å². The molecule has 0 saturated heterocycles. The van der Waals surface area contributed by atoms with E-state index in [4.69, 9.17) is 4.98 Å². The lowest BCUT2D eigenvalue weighted by Gasteiger charge is -2.24. The Morgan fingerprint density at radius 2 is 1.68 bits per heavy atom. The van der Waals surface area contributed by atoms with Crippen LogP contribution in [0.1, 0.15) is 13.8 Å². The summed E-state index contributed by atoms with van der Waals surface area (Å²) in [6, 6.07) is 21.5. The molecule has 0 atom stereocenters. The number of rotatable bonds is 2. The van der Waals surface area contributed by atoms with Crippen molar-refractivity contribution >= 4 is 28.1 Å². The minimum Gasteiger partial charge on any atom is -0.348 e. The number of hydrogen-bond acceptors (Lipinski definition) is 3. The fourth-order valence-electron chi connectivity index (χ4n) is 3.05. The standard InChI is InChI=1S/C19H19N3/c1-14(2)21-13-22(16-9-4-3-5-10-16)19-18(21)12-15-8-6-7-11-17(15)20-19/h3-12,14H,13H2,1-2H3. The van der Waals surface area contributed by atoms with Crippen molar-refractivity contribution in [2.75, 3.05) is 16.5 Å². The molecule has 1 aliphatic rings. The molecule has 0 saturated carbocycles. The number of para-hydroxylation sites is 2. The van der Waals surface area contributed by atoms with Crippen LogP contribution in [-0.4, -0.2) is 17.7 Å². The van der Waals surface area contributed by atoms with Crippen molar-refractivity contribution in [2.24, 2.45) is 0 Å². The van der Waals surface area contributed by atoms with Crippen molar-refractivity contribution in [3.63, 3.8) is 0 Å². The Kier molecular flexibility index (Phi) is 3.00. The Morgan fingerprint density at radius 1 is 0.955 bits per heavy atom. The molecule has 110 valence electrons. The Bertz CT molecular complexity index is 811. The Labute approximate surface area is 130 Å². The van der Waals surface area contributed by atoms with Gasteiger partial charge in [0.15, 0.2) is 5.82 Å². The Morgan fingerprint density at radius 3 is 2.45 bits per heavy atom. The lowest BCUT2D eigenvalue weighted by Crippen LogP contribution is -2.33. The van der Waals surface area contributed by atoms with E-state index >= 15 is 0 Å². The van der Waals surface area contributed by atoms with Crippen LogP contribution in [0.3, 0.4) is 0 Å². The zero-order chi connectivity index (χ0) is 15.1. The predicted octanol–water partition coefficient (Wildman–Crippen LogP) is 4.56. The van der Waals surface area contributed by atoms with E-state index in [-0.39, 0.29) is 0 Å². The summed E-state index contributed by atoms with van der Waals surface area (Å²) >= 11 is 0. The molecule has 4 rings (SSSR count). The van der Waals surface area contributed by atoms with Crippen LogP contribution in [-0.2, 0) is 0 Å². The first kappa shape index (κ1) is 13.1. The average Bonchev–Trinajstić information content (AvgIpc) is 2.92. The summed E-state index contributed by atoms with van der Waals surface area (Å²) in [4.78, 5) is 9.63. The van der Waals surface area contributed by atoms with E-state index in [1.807, 2.05) is 6.07 Å². The van der Waals surface area contributed by atoms with Crippen LogP contribution in [0.5, 0.6) is 0 Å². The van der Waals surface area contributed by atoms with Gasteiger partial charge < -0.3 is 9.80 Å². The lowest BCUT2D eigenvalue weighted by atomic mass is 10.2. The third-order valence-electron chi connectivity index (χ3n) is 4.23. The summed E-state index contributed by atoms with van der Waals surface area (Å²) in [5.41, 5.74) is 3.46. The maximum absolute atomic E-state index is 4.93. The molecule has 0 unspecified atom stereocenters. The first-order valence-corrected chi connectivity index (χ1v) is 7.73. The van der Waals surface area contributed by atoms with Gasteiger partial charge in [-0.25, -0.2) is 4.98 Å². The first-order valence-electron chi connectivity index (χ1n) is 7.73. The van der Waals surface area contributed by atoms with Crippen molar-refractivity contribution in [1.82, 2.24) is 4.98 Å². The fourth-order valence-corrected chi connectivity index (χ4v) is 3.05. The monoisotopic (exact) mass is 289 g/mol. The van der Waals surface area contributed by atoms with Gasteiger partial charge in [-0.05, 0) is 38.1 Å². The van der Waals surface area contributed by atoms with Crippen molar-refractivity contribution in [3.05, 3.63) is 60.7 Å². The zero-order valence-corrected chi connectivity index (χ0v) is 12.9. The first-order chi connectivity index (χ1) is 10.7. The highest BCUT2D eigenvalue weighted by atomic mass is 15.4. The zero-order valence-electron chi connectivity index (χ0n) is 12.9. The van der Waals surface area contributed by atoms with E-state index in [1.54, 1.807) is 0 Å². The minimum atomic E-state index is 0.440. The van der Waals surface area contributed by atoms with Crippen molar-refractivity contribution in [1.29, 1.82) is 0 Å². The average molecular weight is 289 g/mol. The van der Waals surface area contributed by atoms with Crippen LogP contribution in [0.25, 0.3) is 10.9 Å². The second-order valence-electron chi connectivity index (χ2n) is 5.99. The normalized spacial score (nSPS) is 14.0. The third kappa shape index (κ3) is 2.01. The fraction of sp³-hybridized carbons (Fsp3) is 0.211. The Hall–Kier alpha value is -2.55. The van der Waals surface area contributed by atoms with Gasteiger partial charge in [0.25, 0.3) is 0 Å². The predicted molar refractivity (Wildman–Crippen MR) is 92.8 cm³/mol. The van der Waals surface area contributed by atoms with Crippen LogP contribution in [0.2, 0.25) is 0 Å². The van der Waals surface area contributed by atoms with Crippen molar-refractivity contribution in [3.8, 4) is 0 Å². The summed E-state index contributed by atoms with van der Waals surface area (Å²) < 4.78 is 0. The molecule has 2 heterocycles. The number of hydrogen-bond donors (Lipinski definition) is 0. The van der Waals surface area contributed by atoms with Gasteiger partial charge >= 0.3 is 0 Å². The van der Waals surface area contributed by atoms with Crippen LogP contribution in [0.4, 0.5) is 17.2 Å². The summed E-state index contributed by atoms with van der Waals surface area (Å²) in [6.07, 6.45) is 0. The highest BCUT2D eigenvalue weighted by Gasteiger charge is 2.30. The number of fused-ring (bicyclic) bond motifs is 2. The number of aromatic nitrogens is 1. The molecule has 2 aromatic carbocycles. The van der Waals surface area contributed by atoms with Crippen LogP contribution in [0.15, 0.2) is 60.7 Å². The number of anilines is 3. The lowest BCUT2D eigenvalue weighted by molar-refractivity contribution is 0.709. The van der Waals surface area contributed by atoms with Gasteiger partial charge in [0, 0.05) is 17.1 Å². The van der Waals surface area contributed by atoms with Gasteiger partial charge in [0.2, 0.25) is 0 Å². The molecule has 3 aromatic rings. The number of pyridine rings is 1. The molecular weight excluding hydrogens is 270 g/mol. The van der Waals surface area contributed by atoms with E-state index in [2.05, 4.69) is 78.2 Å². The maximum Gasteiger partial charge on any atom is 0.158 e. The second kappa shape index (κ2) is 5.02. The molecule has 0 bridgehead atoms. The molecule has 3 heteroatoms. The highest BCUT2D eigenvalue weighted by molar-refractivity contribution is 5.91. The number of nitrogens with zero attached hydrogens (tertiary/aromatic N) is 3. The minimum absolute atomic E-state index is 0.440. The third-order valence-corrected chi connectivity index (χ3v) is 4.23. The molecule has 3 nitrogen and oxygen atoms in total. The van der Waals surface area contributed by atoms with Crippen LogP contribution < -0.4 is 9.80 Å². The molecule has 22 heavy (non-hydrogen) atoms. The smallest absolute Gasteiger partial charge is 0.158 e. The van der Waals surface area contributed by atoms with E-state index in [1.165, 1.54) is 16.8 Å². The molecule has 1 aromatic heterocycles. The molecule has 0 fully saturated rings. The van der Waals surface area contributed by atoms with Crippen molar-refractivity contribution < 1.29 is 0 Å². The van der Waals surface area contributed by atoms with Crippen molar-refractivity contribution in [2.45, 2.75) is 19.9 Å². The summed E-state index contributed by atoms with van der Waals surface area (Å²) in [7, 11) is 0. The molecule has 0 radical (unpaired) electrons. The second-order valence-corrected chi connectivity index (χ2v) is 5.99. The molecule has 0 aliphatic carbocycles. The quantitative estimate of drug-likeness (QED) is 0.689. The Balaban J connectivity index is 1.91. The van der Waals surface area contributed by atoms with Gasteiger partial charge in [-0.2, -0.15) is 0 Å². The van der Waals surface area contributed by atoms with Gasteiger partial charge in [0.1, 0.15) is 0 Å². The van der Waals surface area contributed by atoms with E-state index in [0.717, 1.165) is 18.0 Å². The molecule has 1 aliphatic heterocycles. The SMILES string of the molecule is CC(C)N1CN(c2ccccc2)c2nc3ccccc3cc21.